The molecule has 1 saturated carbocycles. The summed E-state index contributed by atoms with van der Waals surface area (Å²) in [5, 5.41) is 3.24. The number of methoxy groups -OCH3 is 1. The van der Waals surface area contributed by atoms with Gasteiger partial charge in [0.1, 0.15) is 5.56 Å². The molecule has 1 aromatic carbocycles. The van der Waals surface area contributed by atoms with Gasteiger partial charge in [-0.3, -0.25) is 4.79 Å². The third-order valence-corrected chi connectivity index (χ3v) is 4.78. The molecule has 1 heterocycles. The third-order valence-electron chi connectivity index (χ3n) is 4.78. The van der Waals surface area contributed by atoms with Gasteiger partial charge in [-0.25, -0.2) is 4.98 Å². The SMILES string of the molecule is COc1ncccc1C(=O)NC(c1ccccc1)C1CCCCC1. The van der Waals surface area contributed by atoms with Gasteiger partial charge in [0.2, 0.25) is 5.88 Å². The minimum absolute atomic E-state index is 0.0314. The van der Waals surface area contributed by atoms with Crippen molar-refractivity contribution in [2.45, 2.75) is 38.1 Å². The van der Waals surface area contributed by atoms with E-state index in [1.807, 2.05) is 18.2 Å². The third kappa shape index (κ3) is 3.75. The van der Waals surface area contributed by atoms with Crippen molar-refractivity contribution in [1.29, 1.82) is 0 Å². The summed E-state index contributed by atoms with van der Waals surface area (Å²) in [6.07, 6.45) is 7.71. The Morgan fingerprint density at radius 3 is 2.58 bits per heavy atom. The van der Waals surface area contributed by atoms with Crippen molar-refractivity contribution in [2.24, 2.45) is 5.92 Å². The number of benzene rings is 1. The maximum atomic E-state index is 12.8. The predicted octanol–water partition coefficient (Wildman–Crippen LogP) is 4.14. The fourth-order valence-electron chi connectivity index (χ4n) is 3.55. The van der Waals surface area contributed by atoms with Crippen LogP contribution in [-0.2, 0) is 0 Å². The number of nitrogens with one attached hydrogen (secondary N) is 1. The van der Waals surface area contributed by atoms with Crippen molar-refractivity contribution in [2.75, 3.05) is 7.11 Å². The monoisotopic (exact) mass is 324 g/mol. The van der Waals surface area contributed by atoms with Gasteiger partial charge in [0, 0.05) is 6.20 Å². The molecular weight excluding hydrogens is 300 g/mol. The average molecular weight is 324 g/mol. The maximum Gasteiger partial charge on any atom is 0.257 e. The van der Waals surface area contributed by atoms with Gasteiger partial charge in [-0.15, -0.1) is 0 Å². The molecule has 0 aliphatic heterocycles. The second-order valence-corrected chi connectivity index (χ2v) is 6.32. The normalized spacial score (nSPS) is 16.4. The minimum atomic E-state index is -0.126. The largest absolute Gasteiger partial charge is 0.480 e. The Morgan fingerprint density at radius 2 is 1.88 bits per heavy atom. The van der Waals surface area contributed by atoms with Crippen LogP contribution in [0, 0.1) is 5.92 Å². The van der Waals surface area contributed by atoms with Crippen LogP contribution in [0.25, 0.3) is 0 Å². The van der Waals surface area contributed by atoms with Crippen LogP contribution in [0.5, 0.6) is 5.88 Å². The molecule has 0 radical (unpaired) electrons. The molecule has 1 atom stereocenters. The van der Waals surface area contributed by atoms with E-state index in [2.05, 4.69) is 22.4 Å². The van der Waals surface area contributed by atoms with Crippen LogP contribution in [0.1, 0.15) is 54.1 Å². The molecule has 3 rings (SSSR count). The number of aromatic nitrogens is 1. The molecule has 1 aliphatic carbocycles. The molecule has 1 amide bonds. The molecule has 4 nitrogen and oxygen atoms in total. The van der Waals surface area contributed by atoms with Crippen LogP contribution in [0.2, 0.25) is 0 Å². The number of amides is 1. The Labute approximate surface area is 143 Å². The first kappa shape index (κ1) is 16.5. The Hall–Kier alpha value is -2.36. The van der Waals surface area contributed by atoms with E-state index < -0.39 is 0 Å². The topological polar surface area (TPSA) is 51.2 Å². The van der Waals surface area contributed by atoms with Crippen LogP contribution < -0.4 is 10.1 Å². The molecule has 1 aliphatic rings. The summed E-state index contributed by atoms with van der Waals surface area (Å²) < 4.78 is 5.23. The van der Waals surface area contributed by atoms with Gasteiger partial charge in [0.15, 0.2) is 0 Å². The number of nitrogens with zero attached hydrogens (tertiary/aromatic N) is 1. The number of carbonyl (C=O) groups is 1. The van der Waals surface area contributed by atoms with Crippen molar-refractivity contribution < 1.29 is 9.53 Å². The van der Waals surface area contributed by atoms with E-state index in [0.717, 1.165) is 12.8 Å². The lowest BCUT2D eigenvalue weighted by Crippen LogP contribution is -2.34. The first-order chi connectivity index (χ1) is 11.8. The summed E-state index contributed by atoms with van der Waals surface area (Å²) in [6.45, 7) is 0. The minimum Gasteiger partial charge on any atom is -0.480 e. The van der Waals surface area contributed by atoms with E-state index >= 15 is 0 Å². The van der Waals surface area contributed by atoms with Crippen LogP contribution in [0.4, 0.5) is 0 Å². The van der Waals surface area contributed by atoms with E-state index in [0.29, 0.717) is 17.4 Å². The van der Waals surface area contributed by atoms with Crippen LogP contribution in [0.15, 0.2) is 48.7 Å². The molecule has 126 valence electrons. The van der Waals surface area contributed by atoms with E-state index in [1.54, 1.807) is 18.3 Å². The van der Waals surface area contributed by atoms with Gasteiger partial charge in [0.05, 0.1) is 13.2 Å². The molecule has 24 heavy (non-hydrogen) atoms. The first-order valence-electron chi connectivity index (χ1n) is 8.64. The van der Waals surface area contributed by atoms with Crippen molar-refractivity contribution >= 4 is 5.91 Å². The number of carbonyl (C=O) groups excluding carboxylic acids is 1. The fourth-order valence-corrected chi connectivity index (χ4v) is 3.55. The highest BCUT2D eigenvalue weighted by Gasteiger charge is 2.27. The first-order valence-corrected chi connectivity index (χ1v) is 8.64. The molecule has 1 aromatic heterocycles. The Kier molecular flexibility index (Phi) is 5.47. The van der Waals surface area contributed by atoms with E-state index in [-0.39, 0.29) is 11.9 Å². The molecule has 1 N–H and O–H groups in total. The van der Waals surface area contributed by atoms with Gasteiger partial charge >= 0.3 is 0 Å². The zero-order valence-electron chi connectivity index (χ0n) is 14.1. The molecule has 4 heteroatoms. The average Bonchev–Trinajstić information content (AvgIpc) is 2.67. The van der Waals surface area contributed by atoms with Crippen molar-refractivity contribution in [3.8, 4) is 5.88 Å². The van der Waals surface area contributed by atoms with Crippen LogP contribution in [0.3, 0.4) is 0 Å². The summed E-state index contributed by atoms with van der Waals surface area (Å²) in [5.41, 5.74) is 1.65. The lowest BCUT2D eigenvalue weighted by atomic mass is 9.81. The predicted molar refractivity (Wildman–Crippen MR) is 94.0 cm³/mol. The summed E-state index contributed by atoms with van der Waals surface area (Å²) in [4.78, 5) is 16.9. The summed E-state index contributed by atoms with van der Waals surface area (Å²) in [6, 6.07) is 13.8. The Balaban J connectivity index is 1.84. The quantitative estimate of drug-likeness (QED) is 0.899. The van der Waals surface area contributed by atoms with Gasteiger partial charge in [-0.05, 0) is 36.5 Å². The molecule has 0 spiro atoms. The summed E-state index contributed by atoms with van der Waals surface area (Å²) >= 11 is 0. The second-order valence-electron chi connectivity index (χ2n) is 6.32. The maximum absolute atomic E-state index is 12.8. The van der Waals surface area contributed by atoms with Crippen LogP contribution >= 0.6 is 0 Å². The summed E-state index contributed by atoms with van der Waals surface area (Å²) in [7, 11) is 1.54. The standard InChI is InChI=1S/C20H24N2O2/c1-24-20-17(13-8-14-21-20)19(23)22-18(15-9-4-2-5-10-15)16-11-6-3-7-12-16/h2,4-5,8-10,13-14,16,18H,3,6-7,11-12H2,1H3,(H,22,23). The fraction of sp³-hybridized carbons (Fsp3) is 0.400. The van der Waals surface area contributed by atoms with Crippen molar-refractivity contribution in [1.82, 2.24) is 10.3 Å². The molecule has 1 unspecified atom stereocenters. The summed E-state index contributed by atoms with van der Waals surface area (Å²) in [5.74, 6) is 0.720. The van der Waals surface area contributed by atoms with Gasteiger partial charge in [0.25, 0.3) is 5.91 Å². The van der Waals surface area contributed by atoms with Crippen LogP contribution in [-0.4, -0.2) is 18.0 Å². The van der Waals surface area contributed by atoms with E-state index in [1.165, 1.54) is 31.9 Å². The van der Waals surface area contributed by atoms with E-state index in [9.17, 15) is 4.79 Å². The van der Waals surface area contributed by atoms with Gasteiger partial charge in [-0.2, -0.15) is 0 Å². The van der Waals surface area contributed by atoms with Gasteiger partial charge < -0.3 is 10.1 Å². The zero-order valence-corrected chi connectivity index (χ0v) is 14.1. The Bertz CT molecular complexity index is 666. The smallest absolute Gasteiger partial charge is 0.257 e. The molecule has 0 saturated heterocycles. The highest BCUT2D eigenvalue weighted by atomic mass is 16.5. The van der Waals surface area contributed by atoms with Crippen molar-refractivity contribution in [3.63, 3.8) is 0 Å². The zero-order chi connectivity index (χ0) is 16.8. The Morgan fingerprint density at radius 1 is 1.12 bits per heavy atom. The van der Waals surface area contributed by atoms with Crippen molar-refractivity contribution in [3.05, 3.63) is 59.8 Å². The van der Waals surface area contributed by atoms with Gasteiger partial charge in [-0.1, -0.05) is 49.6 Å². The van der Waals surface area contributed by atoms with E-state index in [4.69, 9.17) is 4.74 Å². The second kappa shape index (κ2) is 7.95. The lowest BCUT2D eigenvalue weighted by Gasteiger charge is -2.31. The highest BCUT2D eigenvalue weighted by Crippen LogP contribution is 2.34. The molecular formula is C20H24N2O2. The number of rotatable bonds is 5. The number of pyridine rings is 1. The molecule has 0 bridgehead atoms. The molecule has 1 fully saturated rings. The number of hydrogen-bond donors (Lipinski definition) is 1. The lowest BCUT2D eigenvalue weighted by molar-refractivity contribution is 0.0908. The number of hydrogen-bond acceptors (Lipinski definition) is 3. The highest BCUT2D eigenvalue weighted by molar-refractivity contribution is 5.96. The number of ether oxygens (including phenoxy) is 1. The molecule has 2 aromatic rings.